The summed E-state index contributed by atoms with van der Waals surface area (Å²) in [6.45, 7) is 1.83. The Labute approximate surface area is 197 Å². The summed E-state index contributed by atoms with van der Waals surface area (Å²) in [6.07, 6.45) is 0.649. The lowest BCUT2D eigenvalue weighted by Crippen LogP contribution is -2.31. The van der Waals surface area contributed by atoms with Gasteiger partial charge in [0.15, 0.2) is 6.61 Å². The maximum atomic E-state index is 13.1. The van der Waals surface area contributed by atoms with Crippen LogP contribution in [0.15, 0.2) is 71.6 Å². The maximum Gasteiger partial charge on any atom is 0.264 e. The van der Waals surface area contributed by atoms with E-state index in [9.17, 15) is 17.6 Å². The minimum atomic E-state index is -3.78. The third-order valence-corrected chi connectivity index (χ3v) is 7.55. The van der Waals surface area contributed by atoms with Gasteiger partial charge in [-0.05, 0) is 60.9 Å². The second kappa shape index (κ2) is 9.41. The highest BCUT2D eigenvalue weighted by molar-refractivity contribution is 7.92. The molecule has 0 radical (unpaired) electrons. The lowest BCUT2D eigenvalue weighted by Gasteiger charge is -2.20. The van der Waals surface area contributed by atoms with Crippen LogP contribution in [0.1, 0.15) is 24.1 Å². The van der Waals surface area contributed by atoms with Gasteiger partial charge in [-0.15, -0.1) is 0 Å². The number of nitrogens with one attached hydrogen (secondary N) is 1. The SMILES string of the molecule is CC(NC(=O)COc1ccc(S(=O)(=O)N2CCc3ccccc32)cc1Cl)c1ccc(F)cc1. The molecule has 0 saturated heterocycles. The van der Waals surface area contributed by atoms with Crippen LogP contribution in [0.25, 0.3) is 0 Å². The normalized spacial score (nSPS) is 14.0. The molecule has 33 heavy (non-hydrogen) atoms. The van der Waals surface area contributed by atoms with Crippen molar-refractivity contribution in [3.05, 3.63) is 88.7 Å². The van der Waals surface area contributed by atoms with Gasteiger partial charge in [0.05, 0.1) is 21.6 Å². The van der Waals surface area contributed by atoms with Crippen molar-refractivity contribution in [1.29, 1.82) is 0 Å². The van der Waals surface area contributed by atoms with Gasteiger partial charge in [0.1, 0.15) is 11.6 Å². The number of amides is 1. The molecule has 1 amide bonds. The number of sulfonamides is 1. The van der Waals surface area contributed by atoms with Crippen LogP contribution in [-0.4, -0.2) is 27.5 Å². The molecule has 172 valence electrons. The van der Waals surface area contributed by atoms with E-state index < -0.39 is 15.9 Å². The van der Waals surface area contributed by atoms with Crippen molar-refractivity contribution in [2.75, 3.05) is 17.5 Å². The lowest BCUT2D eigenvalue weighted by molar-refractivity contribution is -0.123. The van der Waals surface area contributed by atoms with Gasteiger partial charge in [-0.2, -0.15) is 0 Å². The second-order valence-electron chi connectivity index (χ2n) is 7.68. The first-order chi connectivity index (χ1) is 15.8. The third-order valence-electron chi connectivity index (χ3n) is 5.44. The number of carbonyl (C=O) groups is 1. The summed E-state index contributed by atoms with van der Waals surface area (Å²) in [7, 11) is -3.78. The first kappa shape index (κ1) is 23.1. The molecule has 1 aliphatic rings. The smallest absolute Gasteiger partial charge is 0.264 e. The van der Waals surface area contributed by atoms with Crippen molar-refractivity contribution in [1.82, 2.24) is 5.32 Å². The van der Waals surface area contributed by atoms with E-state index in [1.165, 1.54) is 34.6 Å². The van der Waals surface area contributed by atoms with Crippen LogP contribution in [0.2, 0.25) is 5.02 Å². The lowest BCUT2D eigenvalue weighted by atomic mass is 10.1. The fourth-order valence-electron chi connectivity index (χ4n) is 3.71. The molecule has 3 aromatic rings. The van der Waals surface area contributed by atoms with Gasteiger partial charge >= 0.3 is 0 Å². The Morgan fingerprint density at radius 3 is 2.61 bits per heavy atom. The monoisotopic (exact) mass is 488 g/mol. The minimum Gasteiger partial charge on any atom is -0.482 e. The Balaban J connectivity index is 1.41. The summed E-state index contributed by atoms with van der Waals surface area (Å²) >= 11 is 6.27. The van der Waals surface area contributed by atoms with E-state index in [0.29, 0.717) is 18.7 Å². The van der Waals surface area contributed by atoms with Gasteiger partial charge < -0.3 is 10.1 Å². The number of fused-ring (bicyclic) bond motifs is 1. The van der Waals surface area contributed by atoms with E-state index in [4.69, 9.17) is 16.3 Å². The standard InChI is InChI=1S/C24H22ClFN2O4S/c1-16(17-6-8-19(26)9-7-17)27-24(29)15-32-23-11-10-20(14-21(23)25)33(30,31)28-13-12-18-4-2-3-5-22(18)28/h2-11,14,16H,12-13,15H2,1H3,(H,27,29). The summed E-state index contributed by atoms with van der Waals surface area (Å²) in [5.41, 5.74) is 2.40. The summed E-state index contributed by atoms with van der Waals surface area (Å²) in [4.78, 5) is 12.3. The zero-order chi connectivity index (χ0) is 23.6. The van der Waals surface area contributed by atoms with Gasteiger partial charge in [-0.1, -0.05) is 41.9 Å². The molecule has 1 aliphatic heterocycles. The number of nitrogens with zero attached hydrogens (tertiary/aromatic N) is 1. The Morgan fingerprint density at radius 2 is 1.88 bits per heavy atom. The zero-order valence-corrected chi connectivity index (χ0v) is 19.4. The predicted octanol–water partition coefficient (Wildman–Crippen LogP) is 4.49. The van der Waals surface area contributed by atoms with Crippen LogP contribution in [0.5, 0.6) is 5.75 Å². The second-order valence-corrected chi connectivity index (χ2v) is 9.95. The molecule has 0 fully saturated rings. The quantitative estimate of drug-likeness (QED) is 0.532. The van der Waals surface area contributed by atoms with Crippen LogP contribution >= 0.6 is 11.6 Å². The molecule has 1 unspecified atom stereocenters. The molecule has 0 aliphatic carbocycles. The van der Waals surface area contributed by atoms with Gasteiger partial charge in [0.2, 0.25) is 0 Å². The van der Waals surface area contributed by atoms with E-state index >= 15 is 0 Å². The number of para-hydroxylation sites is 1. The van der Waals surface area contributed by atoms with Gasteiger partial charge in [-0.25, -0.2) is 12.8 Å². The number of carbonyl (C=O) groups excluding carboxylic acids is 1. The Bertz CT molecular complexity index is 1280. The molecule has 1 atom stereocenters. The molecule has 1 N–H and O–H groups in total. The molecule has 1 heterocycles. The largest absolute Gasteiger partial charge is 0.482 e. The van der Waals surface area contributed by atoms with Crippen LogP contribution in [0, 0.1) is 5.82 Å². The van der Waals surface area contributed by atoms with Gasteiger partial charge in [-0.3, -0.25) is 9.10 Å². The highest BCUT2D eigenvalue weighted by Crippen LogP contribution is 2.35. The number of hydrogen-bond acceptors (Lipinski definition) is 4. The van der Waals surface area contributed by atoms with Crippen molar-refractivity contribution >= 4 is 33.2 Å². The zero-order valence-electron chi connectivity index (χ0n) is 17.8. The number of benzene rings is 3. The molecular formula is C24H22ClFN2O4S. The fourth-order valence-corrected chi connectivity index (χ4v) is 5.53. The summed E-state index contributed by atoms with van der Waals surface area (Å²) < 4.78 is 46.2. The molecule has 0 aromatic heterocycles. The molecule has 0 saturated carbocycles. The highest BCUT2D eigenvalue weighted by atomic mass is 35.5. The Kier molecular flexibility index (Phi) is 6.58. The maximum absolute atomic E-state index is 13.1. The van der Waals surface area contributed by atoms with Crippen molar-refractivity contribution in [3.63, 3.8) is 0 Å². The third kappa shape index (κ3) is 4.96. The molecular weight excluding hydrogens is 467 g/mol. The Hall–Kier alpha value is -3.10. The van der Waals surface area contributed by atoms with Crippen LogP contribution in [0.3, 0.4) is 0 Å². The number of rotatable bonds is 7. The average Bonchev–Trinajstić information content (AvgIpc) is 3.23. The molecule has 0 bridgehead atoms. The first-order valence-electron chi connectivity index (χ1n) is 10.3. The summed E-state index contributed by atoms with van der Waals surface area (Å²) in [6, 6.07) is 17.1. The van der Waals surface area contributed by atoms with Crippen LogP contribution in [0.4, 0.5) is 10.1 Å². The Morgan fingerprint density at radius 1 is 1.15 bits per heavy atom. The molecule has 4 rings (SSSR count). The van der Waals surface area contributed by atoms with E-state index in [1.807, 2.05) is 12.1 Å². The summed E-state index contributed by atoms with van der Waals surface area (Å²) in [5, 5.41) is 2.84. The molecule has 6 nitrogen and oxygen atoms in total. The highest BCUT2D eigenvalue weighted by Gasteiger charge is 2.31. The first-order valence-corrected chi connectivity index (χ1v) is 12.2. The molecule has 9 heteroatoms. The number of hydrogen-bond donors (Lipinski definition) is 1. The minimum absolute atomic E-state index is 0.0472. The number of halogens is 2. The van der Waals surface area contributed by atoms with Crippen LogP contribution < -0.4 is 14.4 Å². The van der Waals surface area contributed by atoms with E-state index in [1.54, 1.807) is 31.2 Å². The van der Waals surface area contributed by atoms with E-state index in [0.717, 1.165) is 11.1 Å². The van der Waals surface area contributed by atoms with Crippen LogP contribution in [-0.2, 0) is 21.2 Å². The van der Waals surface area contributed by atoms with Crippen molar-refractivity contribution in [2.24, 2.45) is 0 Å². The number of anilines is 1. The average molecular weight is 489 g/mol. The molecule has 3 aromatic carbocycles. The number of ether oxygens (including phenoxy) is 1. The fraction of sp³-hybridized carbons (Fsp3) is 0.208. The van der Waals surface area contributed by atoms with Gasteiger partial charge in [0.25, 0.3) is 15.9 Å². The predicted molar refractivity (Wildman–Crippen MR) is 125 cm³/mol. The van der Waals surface area contributed by atoms with Crippen molar-refractivity contribution in [3.8, 4) is 5.75 Å². The van der Waals surface area contributed by atoms with Gasteiger partial charge in [0, 0.05) is 6.54 Å². The topological polar surface area (TPSA) is 75.7 Å². The van der Waals surface area contributed by atoms with E-state index in [2.05, 4.69) is 5.32 Å². The molecule has 0 spiro atoms. The van der Waals surface area contributed by atoms with E-state index in [-0.39, 0.29) is 34.1 Å². The summed E-state index contributed by atoms with van der Waals surface area (Å²) in [5.74, 6) is -0.551. The van der Waals surface area contributed by atoms with Crippen molar-refractivity contribution < 1.29 is 22.3 Å². The van der Waals surface area contributed by atoms with Crippen molar-refractivity contribution in [2.45, 2.75) is 24.3 Å².